The molecule has 126 valence electrons. The molecule has 1 atom stereocenters. The molecule has 0 spiro atoms. The first kappa shape index (κ1) is 16.9. The predicted molar refractivity (Wildman–Crippen MR) is 99.6 cm³/mol. The molecule has 2 heteroatoms. The molecule has 2 aromatic carbocycles. The second-order valence-electron chi connectivity index (χ2n) is 6.74. The highest BCUT2D eigenvalue weighted by molar-refractivity contribution is 6.01. The van der Waals surface area contributed by atoms with Gasteiger partial charge in [0.05, 0.1) is 5.92 Å². The monoisotopic (exact) mass is 321 g/mol. The molecule has 0 amide bonds. The number of hydrogen-bond donors (Lipinski definition) is 0. The number of nitrogens with zero attached hydrogens (tertiary/aromatic N) is 1. The summed E-state index contributed by atoms with van der Waals surface area (Å²) in [7, 11) is 0. The number of Topliss-reactive ketones (excluding diaryl/α,β-unsaturated/α-hetero) is 1. The SMILES string of the molecule is CCc1ccc(C(=O)C(CN2CCCCC2)c2ccccc2)cc1. The van der Waals surface area contributed by atoms with Crippen LogP contribution in [0.3, 0.4) is 0 Å². The Morgan fingerprint density at radius 3 is 2.25 bits per heavy atom. The second kappa shape index (κ2) is 8.25. The Kier molecular flexibility index (Phi) is 5.81. The minimum absolute atomic E-state index is 0.0724. The van der Waals surface area contributed by atoms with Crippen molar-refractivity contribution in [3.8, 4) is 0 Å². The molecule has 0 bridgehead atoms. The standard InChI is InChI=1S/C22H27NO/c1-2-18-11-13-20(14-12-18)22(24)21(19-9-5-3-6-10-19)17-23-15-7-4-8-16-23/h3,5-6,9-14,21H,2,4,7-8,15-17H2,1H3. The molecular weight excluding hydrogens is 294 g/mol. The molecule has 1 heterocycles. The fourth-order valence-corrected chi connectivity index (χ4v) is 3.53. The van der Waals surface area contributed by atoms with Crippen LogP contribution < -0.4 is 0 Å². The quantitative estimate of drug-likeness (QED) is 0.719. The lowest BCUT2D eigenvalue weighted by Crippen LogP contribution is -2.35. The molecule has 1 aliphatic heterocycles. The van der Waals surface area contributed by atoms with Crippen molar-refractivity contribution in [3.05, 3.63) is 71.3 Å². The molecule has 2 aromatic rings. The third-order valence-corrected chi connectivity index (χ3v) is 5.05. The summed E-state index contributed by atoms with van der Waals surface area (Å²) in [6, 6.07) is 18.4. The van der Waals surface area contributed by atoms with Crippen LogP contribution >= 0.6 is 0 Å². The fourth-order valence-electron chi connectivity index (χ4n) is 3.53. The van der Waals surface area contributed by atoms with E-state index in [0.29, 0.717) is 0 Å². The molecule has 0 saturated carbocycles. The average molecular weight is 321 g/mol. The number of aryl methyl sites for hydroxylation is 1. The molecule has 1 unspecified atom stereocenters. The van der Waals surface area contributed by atoms with Crippen molar-refractivity contribution in [2.45, 2.75) is 38.5 Å². The zero-order valence-electron chi connectivity index (χ0n) is 14.6. The lowest BCUT2D eigenvalue weighted by Gasteiger charge is -2.30. The fraction of sp³-hybridized carbons (Fsp3) is 0.409. The van der Waals surface area contributed by atoms with Crippen molar-refractivity contribution >= 4 is 5.78 Å². The molecule has 1 fully saturated rings. The number of hydrogen-bond acceptors (Lipinski definition) is 2. The summed E-state index contributed by atoms with van der Waals surface area (Å²) in [5.41, 5.74) is 3.24. The minimum Gasteiger partial charge on any atom is -0.302 e. The van der Waals surface area contributed by atoms with E-state index < -0.39 is 0 Å². The van der Waals surface area contributed by atoms with Crippen molar-refractivity contribution in [1.29, 1.82) is 0 Å². The van der Waals surface area contributed by atoms with E-state index in [0.717, 1.165) is 37.2 Å². The Balaban J connectivity index is 1.83. The third kappa shape index (κ3) is 4.12. The lowest BCUT2D eigenvalue weighted by atomic mass is 9.89. The van der Waals surface area contributed by atoms with Gasteiger partial charge in [-0.2, -0.15) is 0 Å². The lowest BCUT2D eigenvalue weighted by molar-refractivity contribution is 0.0925. The summed E-state index contributed by atoms with van der Waals surface area (Å²) in [5, 5.41) is 0. The van der Waals surface area contributed by atoms with Crippen LogP contribution in [0.5, 0.6) is 0 Å². The Bertz CT molecular complexity index is 641. The average Bonchev–Trinajstić information content (AvgIpc) is 2.67. The number of carbonyl (C=O) groups is 1. The number of rotatable bonds is 6. The van der Waals surface area contributed by atoms with Gasteiger partial charge in [0.15, 0.2) is 5.78 Å². The Hall–Kier alpha value is -1.93. The number of carbonyl (C=O) groups excluding carboxylic acids is 1. The number of ketones is 1. The number of benzene rings is 2. The molecule has 1 aliphatic rings. The topological polar surface area (TPSA) is 20.3 Å². The zero-order valence-corrected chi connectivity index (χ0v) is 14.6. The van der Waals surface area contributed by atoms with Crippen LogP contribution in [0.25, 0.3) is 0 Å². The van der Waals surface area contributed by atoms with Crippen molar-refractivity contribution in [1.82, 2.24) is 4.90 Å². The summed E-state index contributed by atoms with van der Waals surface area (Å²) >= 11 is 0. The van der Waals surface area contributed by atoms with Gasteiger partial charge in [0, 0.05) is 12.1 Å². The molecule has 3 rings (SSSR count). The first-order valence-corrected chi connectivity index (χ1v) is 9.18. The van der Waals surface area contributed by atoms with Crippen LogP contribution in [0.15, 0.2) is 54.6 Å². The van der Waals surface area contributed by atoms with Crippen molar-refractivity contribution in [2.75, 3.05) is 19.6 Å². The van der Waals surface area contributed by atoms with E-state index in [9.17, 15) is 4.79 Å². The normalized spacial score (nSPS) is 16.7. The van der Waals surface area contributed by atoms with Gasteiger partial charge in [-0.3, -0.25) is 4.79 Å². The Morgan fingerprint density at radius 1 is 0.958 bits per heavy atom. The summed E-state index contributed by atoms with van der Waals surface area (Å²) < 4.78 is 0. The highest BCUT2D eigenvalue weighted by atomic mass is 16.1. The van der Waals surface area contributed by atoms with Gasteiger partial charge in [-0.05, 0) is 43.5 Å². The molecule has 24 heavy (non-hydrogen) atoms. The molecule has 2 nitrogen and oxygen atoms in total. The first-order chi connectivity index (χ1) is 11.8. The number of piperidine rings is 1. The maximum absolute atomic E-state index is 13.2. The van der Waals surface area contributed by atoms with E-state index in [1.54, 1.807) is 0 Å². The van der Waals surface area contributed by atoms with Gasteiger partial charge in [0.2, 0.25) is 0 Å². The molecular formula is C22H27NO. The van der Waals surface area contributed by atoms with Crippen molar-refractivity contribution in [2.24, 2.45) is 0 Å². The maximum Gasteiger partial charge on any atom is 0.171 e. The Labute approximate surface area is 145 Å². The maximum atomic E-state index is 13.2. The smallest absolute Gasteiger partial charge is 0.171 e. The summed E-state index contributed by atoms with van der Waals surface area (Å²) in [6.07, 6.45) is 4.82. The highest BCUT2D eigenvalue weighted by Gasteiger charge is 2.25. The van der Waals surface area contributed by atoms with E-state index in [2.05, 4.69) is 36.1 Å². The first-order valence-electron chi connectivity index (χ1n) is 9.18. The van der Waals surface area contributed by atoms with Crippen LogP contribution in [0, 0.1) is 0 Å². The van der Waals surface area contributed by atoms with E-state index >= 15 is 0 Å². The Morgan fingerprint density at radius 2 is 1.62 bits per heavy atom. The largest absolute Gasteiger partial charge is 0.302 e. The van der Waals surface area contributed by atoms with Gasteiger partial charge in [0.25, 0.3) is 0 Å². The van der Waals surface area contributed by atoms with Gasteiger partial charge in [-0.25, -0.2) is 0 Å². The zero-order chi connectivity index (χ0) is 16.8. The molecule has 0 radical (unpaired) electrons. The van der Waals surface area contributed by atoms with Gasteiger partial charge < -0.3 is 4.90 Å². The van der Waals surface area contributed by atoms with Gasteiger partial charge >= 0.3 is 0 Å². The molecule has 0 N–H and O–H groups in total. The second-order valence-corrected chi connectivity index (χ2v) is 6.74. The van der Waals surface area contributed by atoms with E-state index in [4.69, 9.17) is 0 Å². The number of likely N-dealkylation sites (tertiary alicyclic amines) is 1. The van der Waals surface area contributed by atoms with Crippen molar-refractivity contribution < 1.29 is 4.79 Å². The van der Waals surface area contributed by atoms with Crippen molar-refractivity contribution in [3.63, 3.8) is 0 Å². The summed E-state index contributed by atoms with van der Waals surface area (Å²) in [5.74, 6) is 0.172. The van der Waals surface area contributed by atoms with Crippen LogP contribution in [-0.4, -0.2) is 30.3 Å². The van der Waals surface area contributed by atoms with Gasteiger partial charge in [0.1, 0.15) is 0 Å². The van der Waals surface area contributed by atoms with Gasteiger partial charge in [-0.15, -0.1) is 0 Å². The van der Waals surface area contributed by atoms with Crippen LogP contribution in [0.1, 0.15) is 53.6 Å². The van der Waals surface area contributed by atoms with Gasteiger partial charge in [-0.1, -0.05) is 67.9 Å². The van der Waals surface area contributed by atoms with E-state index in [1.165, 1.54) is 24.8 Å². The van der Waals surface area contributed by atoms with E-state index in [-0.39, 0.29) is 11.7 Å². The minimum atomic E-state index is -0.0724. The highest BCUT2D eigenvalue weighted by Crippen LogP contribution is 2.24. The van der Waals surface area contributed by atoms with Crippen LogP contribution in [-0.2, 0) is 6.42 Å². The van der Waals surface area contributed by atoms with Crippen LogP contribution in [0.4, 0.5) is 0 Å². The summed E-state index contributed by atoms with van der Waals surface area (Å²) in [6.45, 7) is 5.20. The molecule has 0 aromatic heterocycles. The molecule has 1 saturated heterocycles. The van der Waals surface area contributed by atoms with Crippen LogP contribution in [0.2, 0.25) is 0 Å². The third-order valence-electron chi connectivity index (χ3n) is 5.05. The predicted octanol–water partition coefficient (Wildman–Crippen LogP) is 4.70. The molecule has 0 aliphatic carbocycles. The van der Waals surface area contributed by atoms with E-state index in [1.807, 2.05) is 30.3 Å². The summed E-state index contributed by atoms with van der Waals surface area (Å²) in [4.78, 5) is 15.6.